The molecule has 1 saturated carbocycles. The van der Waals surface area contributed by atoms with E-state index in [0.29, 0.717) is 6.04 Å². The van der Waals surface area contributed by atoms with Crippen LogP contribution in [0.4, 0.5) is 4.39 Å². The average Bonchev–Trinajstić information content (AvgIpc) is 2.77. The molecule has 0 radical (unpaired) electrons. The Morgan fingerprint density at radius 2 is 1.58 bits per heavy atom. The lowest BCUT2D eigenvalue weighted by atomic mass is 9.80. The highest BCUT2D eigenvalue weighted by molar-refractivity contribution is 5.15. The van der Waals surface area contributed by atoms with E-state index in [1.54, 1.807) is 0 Å². The summed E-state index contributed by atoms with van der Waals surface area (Å²) in [5.74, 6) is 0. The van der Waals surface area contributed by atoms with Crippen LogP contribution in [0.5, 0.6) is 0 Å². The van der Waals surface area contributed by atoms with Crippen LogP contribution in [0.15, 0.2) is 0 Å². The largest absolute Gasteiger partial charge is 0.295 e. The van der Waals surface area contributed by atoms with E-state index in [4.69, 9.17) is 0 Å². The number of hydrogen-bond acceptors (Lipinski definition) is 1. The normalized spacial score (nSPS) is 41.4. The zero-order chi connectivity index (χ0) is 14.7. The maximum atomic E-state index is 14.3. The number of hydrogen-bond donors (Lipinski definition) is 0. The molecule has 0 amide bonds. The molecule has 0 aromatic heterocycles. The first kappa shape index (κ1) is 15.3. The van der Waals surface area contributed by atoms with E-state index < -0.39 is 5.67 Å². The van der Waals surface area contributed by atoms with Gasteiger partial charge in [-0.05, 0) is 65.3 Å². The first-order valence-corrected chi connectivity index (χ1v) is 7.85. The van der Waals surface area contributed by atoms with Crippen LogP contribution in [0.1, 0.15) is 74.1 Å². The van der Waals surface area contributed by atoms with Gasteiger partial charge in [0.05, 0.1) is 0 Å². The molecule has 0 aromatic rings. The van der Waals surface area contributed by atoms with Crippen LogP contribution in [0, 0.1) is 10.8 Å². The summed E-state index contributed by atoms with van der Waals surface area (Å²) < 4.78 is 14.3. The fourth-order valence-corrected chi connectivity index (χ4v) is 4.18. The summed E-state index contributed by atoms with van der Waals surface area (Å²) in [5.41, 5.74) is -0.467. The van der Waals surface area contributed by atoms with Crippen molar-refractivity contribution in [3.05, 3.63) is 0 Å². The minimum Gasteiger partial charge on any atom is -0.295 e. The van der Waals surface area contributed by atoms with Gasteiger partial charge in [-0.25, -0.2) is 4.39 Å². The molecule has 1 saturated heterocycles. The molecular formula is C17H32FN. The molecule has 1 aliphatic heterocycles. The van der Waals surface area contributed by atoms with Gasteiger partial charge in [0.25, 0.3) is 0 Å². The van der Waals surface area contributed by atoms with Crippen molar-refractivity contribution >= 4 is 0 Å². The van der Waals surface area contributed by atoms with Crippen LogP contribution >= 0.6 is 0 Å². The fraction of sp³-hybridized carbons (Fsp3) is 1.00. The first-order chi connectivity index (χ1) is 8.39. The summed E-state index contributed by atoms with van der Waals surface area (Å²) in [5, 5.41) is 0. The predicted molar refractivity (Wildman–Crippen MR) is 80.1 cm³/mol. The van der Waals surface area contributed by atoms with E-state index >= 15 is 0 Å². The predicted octanol–water partition coefficient (Wildman–Crippen LogP) is 4.80. The third kappa shape index (κ3) is 2.70. The molecule has 1 nitrogen and oxygen atoms in total. The van der Waals surface area contributed by atoms with Crippen LogP contribution in [0.3, 0.4) is 0 Å². The van der Waals surface area contributed by atoms with Crippen molar-refractivity contribution in [2.24, 2.45) is 10.8 Å². The SMILES string of the molecule is CC(C)(C)C1CCC2(CCN1C(C)(C)C)CC2(C)F. The van der Waals surface area contributed by atoms with Gasteiger partial charge in [-0.1, -0.05) is 20.8 Å². The molecular weight excluding hydrogens is 237 g/mol. The van der Waals surface area contributed by atoms with E-state index in [2.05, 4.69) is 46.4 Å². The van der Waals surface area contributed by atoms with Crippen molar-refractivity contribution < 1.29 is 4.39 Å². The van der Waals surface area contributed by atoms with E-state index in [1.165, 1.54) is 0 Å². The lowest BCUT2D eigenvalue weighted by Crippen LogP contribution is -2.52. The number of nitrogens with zero attached hydrogens (tertiary/aromatic N) is 1. The molecule has 112 valence electrons. The number of likely N-dealkylation sites (tertiary alicyclic amines) is 1. The minimum atomic E-state index is -0.899. The molecule has 1 spiro atoms. The highest BCUT2D eigenvalue weighted by atomic mass is 19.1. The van der Waals surface area contributed by atoms with Crippen LogP contribution in [-0.4, -0.2) is 28.7 Å². The second kappa shape index (κ2) is 4.19. The number of halogens is 1. The van der Waals surface area contributed by atoms with Crippen molar-refractivity contribution in [1.29, 1.82) is 0 Å². The fourth-order valence-electron chi connectivity index (χ4n) is 4.18. The number of rotatable bonds is 0. The van der Waals surface area contributed by atoms with Crippen molar-refractivity contribution in [1.82, 2.24) is 4.90 Å². The molecule has 3 atom stereocenters. The molecule has 2 fully saturated rings. The zero-order valence-electron chi connectivity index (χ0n) is 13.9. The van der Waals surface area contributed by atoms with E-state index in [0.717, 1.165) is 32.2 Å². The number of alkyl halides is 1. The smallest absolute Gasteiger partial charge is 0.114 e. The van der Waals surface area contributed by atoms with Gasteiger partial charge in [0.15, 0.2) is 0 Å². The van der Waals surface area contributed by atoms with E-state index in [-0.39, 0.29) is 16.4 Å². The standard InChI is InChI=1S/C17H32FN/c1-14(2,3)13-8-9-17(12-16(17,7)18)10-11-19(13)15(4,5)6/h13H,8-12H2,1-7H3. The summed E-state index contributed by atoms with van der Waals surface area (Å²) >= 11 is 0. The Bertz CT molecular complexity index is 321. The maximum absolute atomic E-state index is 14.3. The molecule has 0 bridgehead atoms. The summed E-state index contributed by atoms with van der Waals surface area (Å²) in [6.07, 6.45) is 4.02. The highest BCUT2D eigenvalue weighted by Gasteiger charge is 2.65. The van der Waals surface area contributed by atoms with Crippen LogP contribution in [-0.2, 0) is 0 Å². The molecule has 1 aliphatic carbocycles. The van der Waals surface area contributed by atoms with Gasteiger partial charge in [-0.2, -0.15) is 0 Å². The molecule has 0 aromatic carbocycles. The van der Waals surface area contributed by atoms with Gasteiger partial charge < -0.3 is 0 Å². The molecule has 3 unspecified atom stereocenters. The first-order valence-electron chi connectivity index (χ1n) is 7.85. The Balaban J connectivity index is 2.23. The van der Waals surface area contributed by atoms with Gasteiger partial charge in [-0.15, -0.1) is 0 Å². The van der Waals surface area contributed by atoms with Gasteiger partial charge in [0.2, 0.25) is 0 Å². The van der Waals surface area contributed by atoms with Crippen molar-refractivity contribution in [2.45, 2.75) is 91.4 Å². The van der Waals surface area contributed by atoms with E-state index in [9.17, 15) is 4.39 Å². The molecule has 2 aliphatic rings. The second-order valence-electron chi connectivity index (χ2n) is 9.19. The lowest BCUT2D eigenvalue weighted by Gasteiger charge is -2.46. The third-order valence-corrected chi connectivity index (χ3v) is 5.62. The summed E-state index contributed by atoms with van der Waals surface area (Å²) in [6.45, 7) is 16.7. The molecule has 1 heterocycles. The van der Waals surface area contributed by atoms with Crippen LogP contribution < -0.4 is 0 Å². The van der Waals surface area contributed by atoms with Gasteiger partial charge in [0.1, 0.15) is 5.67 Å². The second-order valence-corrected chi connectivity index (χ2v) is 9.19. The average molecular weight is 269 g/mol. The topological polar surface area (TPSA) is 3.24 Å². The van der Waals surface area contributed by atoms with Crippen molar-refractivity contribution in [2.75, 3.05) is 6.54 Å². The molecule has 2 heteroatoms. The van der Waals surface area contributed by atoms with Gasteiger partial charge >= 0.3 is 0 Å². The Labute approximate surface area is 118 Å². The molecule has 19 heavy (non-hydrogen) atoms. The lowest BCUT2D eigenvalue weighted by molar-refractivity contribution is 0.0242. The summed E-state index contributed by atoms with van der Waals surface area (Å²) in [6, 6.07) is 0.559. The minimum absolute atomic E-state index is 0.00347. The van der Waals surface area contributed by atoms with Crippen molar-refractivity contribution in [3.8, 4) is 0 Å². The Hall–Kier alpha value is -0.110. The van der Waals surface area contributed by atoms with Crippen LogP contribution in [0.2, 0.25) is 0 Å². The van der Waals surface area contributed by atoms with Crippen molar-refractivity contribution in [3.63, 3.8) is 0 Å². The third-order valence-electron chi connectivity index (χ3n) is 5.62. The van der Waals surface area contributed by atoms with E-state index in [1.807, 2.05) is 6.92 Å². The summed E-state index contributed by atoms with van der Waals surface area (Å²) in [7, 11) is 0. The van der Waals surface area contributed by atoms with Crippen LogP contribution in [0.25, 0.3) is 0 Å². The Morgan fingerprint density at radius 1 is 1.05 bits per heavy atom. The Kier molecular flexibility index (Phi) is 3.37. The highest BCUT2D eigenvalue weighted by Crippen LogP contribution is 2.65. The quantitative estimate of drug-likeness (QED) is 0.610. The van der Waals surface area contributed by atoms with Gasteiger partial charge in [-0.3, -0.25) is 4.90 Å². The maximum Gasteiger partial charge on any atom is 0.114 e. The van der Waals surface area contributed by atoms with Gasteiger partial charge in [0, 0.05) is 17.0 Å². The Morgan fingerprint density at radius 3 is 1.95 bits per heavy atom. The molecule has 0 N–H and O–H groups in total. The molecule has 2 rings (SSSR count). The monoisotopic (exact) mass is 269 g/mol. The summed E-state index contributed by atoms with van der Waals surface area (Å²) in [4.78, 5) is 2.64. The zero-order valence-corrected chi connectivity index (χ0v) is 13.9.